The van der Waals surface area contributed by atoms with Gasteiger partial charge in [-0.3, -0.25) is 32.5 Å². The van der Waals surface area contributed by atoms with Gasteiger partial charge in [-0.2, -0.15) is 4.31 Å². The lowest BCUT2D eigenvalue weighted by atomic mass is 9.87. The minimum Gasteiger partial charge on any atom is -0.386 e. The molecule has 1 aliphatic carbocycles. The average Bonchev–Trinajstić information content (AvgIpc) is 3.35. The van der Waals surface area contributed by atoms with E-state index in [4.69, 9.17) is 19.5 Å². The van der Waals surface area contributed by atoms with E-state index < -0.39 is 84.6 Å². The van der Waals surface area contributed by atoms with E-state index in [1.807, 2.05) is 27.7 Å². The Morgan fingerprint density at radius 1 is 1.07 bits per heavy atom. The molecular weight excluding hydrogens is 867 g/mol. The zero-order valence-electron chi connectivity index (χ0n) is 32.8. The molecule has 2 amide bonds. The lowest BCUT2D eigenvalue weighted by Gasteiger charge is -2.30. The Morgan fingerprint density at radius 3 is 2.37 bits per heavy atom. The zero-order valence-corrected chi connectivity index (χ0v) is 36.3. The van der Waals surface area contributed by atoms with E-state index in [0.717, 1.165) is 34.6 Å². The van der Waals surface area contributed by atoms with E-state index in [9.17, 15) is 57.9 Å². The van der Waals surface area contributed by atoms with Crippen molar-refractivity contribution in [1.82, 2.24) is 30.2 Å². The smallest absolute Gasteiger partial charge is 0.386 e. The molecular formula is C31H50N7O17P3S. The van der Waals surface area contributed by atoms with Gasteiger partial charge in [0.1, 0.15) is 36.3 Å². The molecule has 0 radical (unpaired) electrons. The highest BCUT2D eigenvalue weighted by molar-refractivity contribution is 8.13. The number of amides is 2. The molecule has 2 unspecified atom stereocenters. The summed E-state index contributed by atoms with van der Waals surface area (Å²) in [6.45, 7) is 8.57. The van der Waals surface area contributed by atoms with Gasteiger partial charge in [0.25, 0.3) is 0 Å². The van der Waals surface area contributed by atoms with E-state index >= 15 is 0 Å². The molecule has 2 aliphatic rings. The minimum atomic E-state index is -5.57. The number of rotatable bonds is 21. The molecule has 0 aromatic carbocycles. The second-order valence-corrected chi connectivity index (χ2v) is 20.6. The zero-order chi connectivity index (χ0) is 44.3. The van der Waals surface area contributed by atoms with Crippen LogP contribution in [-0.2, 0) is 50.7 Å². The number of nitrogens with two attached hydrogens (primary N) is 1. The van der Waals surface area contributed by atoms with Crippen LogP contribution < -0.4 is 16.4 Å². The summed E-state index contributed by atoms with van der Waals surface area (Å²) >= 11 is 1.14. The first-order chi connectivity index (χ1) is 27.2. The Hall–Kier alpha value is -2.70. The van der Waals surface area contributed by atoms with Gasteiger partial charge >= 0.3 is 23.5 Å². The molecule has 28 heteroatoms. The third-order valence-electron chi connectivity index (χ3n) is 9.42. The van der Waals surface area contributed by atoms with Gasteiger partial charge < -0.3 is 50.9 Å². The van der Waals surface area contributed by atoms with Crippen molar-refractivity contribution >= 4 is 69.1 Å². The summed E-state index contributed by atoms with van der Waals surface area (Å²) in [5.74, 6) is -0.985. The number of thioether (sulfide) groups is 1. The standard InChI is InChI=1S/C31H50N7O17P3S/c1-16(2)11-17-20(31(17,5)6)29(43)59-10-9-33-19(39)7-8-34-27(42)24(41)30(3,4)13-52-58(49,50)55-57(47,48)51-12-18-23(54-56(44,45)46)22(40)28(53-18)38-15-37-21-25(32)35-14-36-26(21)38/h11,14-15,17-18,20,22-24,28,40-41H,7-10,12-13H2,1-6H3,(H,33,39)(H,34,42)(H,47,48)(H,49,50)(H2,32,35,36)(H2,44,45,46)/t17-,18-,20+,22-,23-,24+,28-/m1/s1. The normalized spacial score (nSPS) is 25.4. The molecule has 9 atom stereocenters. The molecule has 1 saturated heterocycles. The monoisotopic (exact) mass is 917 g/mol. The van der Waals surface area contributed by atoms with Gasteiger partial charge in [0.05, 0.1) is 19.5 Å². The van der Waals surface area contributed by atoms with Crippen molar-refractivity contribution < 1.29 is 80.5 Å². The van der Waals surface area contributed by atoms with Crippen LogP contribution in [0.15, 0.2) is 24.3 Å². The molecule has 4 rings (SSSR count). The van der Waals surface area contributed by atoms with Crippen LogP contribution in [0.4, 0.5) is 5.82 Å². The number of fused-ring (bicyclic) bond motifs is 1. The van der Waals surface area contributed by atoms with Gasteiger partial charge in [0, 0.05) is 36.6 Å². The van der Waals surface area contributed by atoms with Crippen molar-refractivity contribution in [1.29, 1.82) is 0 Å². The first-order valence-electron chi connectivity index (χ1n) is 17.9. The third kappa shape index (κ3) is 13.2. The number of ether oxygens (including phenoxy) is 1. The number of aromatic nitrogens is 4. The highest BCUT2D eigenvalue weighted by Crippen LogP contribution is 2.62. The van der Waals surface area contributed by atoms with E-state index in [0.29, 0.717) is 5.75 Å². The number of anilines is 1. The Labute approximate surface area is 342 Å². The number of carbonyl (C=O) groups is 3. The first kappa shape index (κ1) is 49.0. The maximum absolute atomic E-state index is 12.7. The summed E-state index contributed by atoms with van der Waals surface area (Å²) in [4.78, 5) is 88.6. The molecule has 0 bridgehead atoms. The number of carbonyl (C=O) groups excluding carboxylic acids is 3. The number of hydrogen-bond donors (Lipinski definition) is 9. The van der Waals surface area contributed by atoms with Gasteiger partial charge in [0.15, 0.2) is 22.8 Å². The molecule has 24 nitrogen and oxygen atoms in total. The lowest BCUT2D eigenvalue weighted by Crippen LogP contribution is -2.46. The third-order valence-corrected chi connectivity index (χ3v) is 13.5. The van der Waals surface area contributed by atoms with Crippen LogP contribution in [0, 0.1) is 22.7 Å². The summed E-state index contributed by atoms with van der Waals surface area (Å²) < 4.78 is 62.3. The first-order valence-corrected chi connectivity index (χ1v) is 23.4. The largest absolute Gasteiger partial charge is 0.481 e. The summed E-state index contributed by atoms with van der Waals surface area (Å²) in [6, 6.07) is 0. The average molecular weight is 918 g/mol. The fraction of sp³-hybridized carbons (Fsp3) is 0.677. The summed E-state index contributed by atoms with van der Waals surface area (Å²) in [6.07, 6.45) is -4.81. The number of nitrogens with zero attached hydrogens (tertiary/aromatic N) is 4. The Morgan fingerprint density at radius 2 is 1.73 bits per heavy atom. The molecule has 10 N–H and O–H groups in total. The molecule has 59 heavy (non-hydrogen) atoms. The van der Waals surface area contributed by atoms with E-state index in [-0.39, 0.29) is 58.9 Å². The number of allylic oxidation sites excluding steroid dienone is 2. The van der Waals surface area contributed by atoms with Crippen LogP contribution >= 0.6 is 35.2 Å². The number of imidazole rings is 1. The van der Waals surface area contributed by atoms with Crippen LogP contribution in [0.1, 0.15) is 54.2 Å². The van der Waals surface area contributed by atoms with Crippen molar-refractivity contribution in [3.63, 3.8) is 0 Å². The predicted molar refractivity (Wildman–Crippen MR) is 207 cm³/mol. The van der Waals surface area contributed by atoms with Crippen LogP contribution in [0.2, 0.25) is 0 Å². The second kappa shape index (κ2) is 19.1. The molecule has 332 valence electrons. The maximum Gasteiger partial charge on any atom is 0.481 e. The maximum atomic E-state index is 12.7. The summed E-state index contributed by atoms with van der Waals surface area (Å²) in [5.41, 5.74) is 5.30. The number of aliphatic hydroxyl groups excluding tert-OH is 2. The minimum absolute atomic E-state index is 0.0310. The number of nitrogen functional groups attached to an aromatic ring is 1. The number of aliphatic hydroxyl groups is 2. The molecule has 2 aromatic heterocycles. The van der Waals surface area contributed by atoms with Crippen LogP contribution in [0.3, 0.4) is 0 Å². The highest BCUT2D eigenvalue weighted by atomic mass is 32.2. The Balaban J connectivity index is 1.21. The van der Waals surface area contributed by atoms with E-state index in [1.54, 1.807) is 0 Å². The number of hydrogen-bond acceptors (Lipinski definition) is 18. The number of phosphoric acid groups is 3. The van der Waals surface area contributed by atoms with Crippen LogP contribution in [0.5, 0.6) is 0 Å². The number of nitrogens with one attached hydrogen (secondary N) is 2. The molecule has 2 aromatic rings. The van der Waals surface area contributed by atoms with Gasteiger partial charge in [0.2, 0.25) is 11.8 Å². The van der Waals surface area contributed by atoms with Crippen LogP contribution in [0.25, 0.3) is 11.2 Å². The Bertz CT molecular complexity index is 2040. The fourth-order valence-corrected chi connectivity index (χ4v) is 10.0. The van der Waals surface area contributed by atoms with Crippen LogP contribution in [-0.4, -0.2) is 123 Å². The molecule has 2 fully saturated rings. The van der Waals surface area contributed by atoms with Crippen molar-refractivity contribution in [3.05, 3.63) is 24.3 Å². The van der Waals surface area contributed by atoms with Gasteiger partial charge in [-0.25, -0.2) is 28.6 Å². The Kier molecular flexibility index (Phi) is 15.9. The summed E-state index contributed by atoms with van der Waals surface area (Å²) in [7, 11) is -16.4. The quantitative estimate of drug-likeness (QED) is 0.0477. The van der Waals surface area contributed by atoms with Crippen molar-refractivity contribution in [2.45, 2.75) is 78.6 Å². The molecule has 3 heterocycles. The molecule has 1 saturated carbocycles. The van der Waals surface area contributed by atoms with E-state index in [1.165, 1.54) is 13.8 Å². The fourth-order valence-electron chi connectivity index (χ4n) is 6.17. The summed E-state index contributed by atoms with van der Waals surface area (Å²) in [5, 5.41) is 26.6. The van der Waals surface area contributed by atoms with E-state index in [2.05, 4.69) is 40.5 Å². The second-order valence-electron chi connectivity index (χ2n) is 15.3. The van der Waals surface area contributed by atoms with Gasteiger partial charge in [-0.05, 0) is 25.2 Å². The number of phosphoric ester groups is 3. The van der Waals surface area contributed by atoms with Gasteiger partial charge in [-0.1, -0.05) is 51.1 Å². The lowest BCUT2D eigenvalue weighted by molar-refractivity contribution is -0.137. The molecule has 0 spiro atoms. The van der Waals surface area contributed by atoms with Crippen molar-refractivity contribution in [3.8, 4) is 0 Å². The van der Waals surface area contributed by atoms with Crippen molar-refractivity contribution in [2.24, 2.45) is 22.7 Å². The van der Waals surface area contributed by atoms with Gasteiger partial charge in [-0.15, -0.1) is 0 Å². The highest BCUT2D eigenvalue weighted by Gasteiger charge is 2.60. The predicted octanol–water partition coefficient (Wildman–Crippen LogP) is 0.903. The topological polar surface area (TPSA) is 364 Å². The van der Waals surface area contributed by atoms with Crippen molar-refractivity contribution in [2.75, 3.05) is 37.8 Å². The molecule has 1 aliphatic heterocycles. The SMILES string of the molecule is CC(C)=C[C@@H]1[C@@H](C(=O)SCCNC(=O)CCNC(=O)[C@H](O)C(C)(C)COP(=O)(O)OP(=O)(O)OC[C@H]2O[C@@H](n3cnc4c(N)ncnc43)[C@H](O)[C@@H]2OP(=O)(O)O)C1(C)C.